The predicted octanol–water partition coefficient (Wildman–Crippen LogP) is -1.72. The number of nitrogens with zero attached hydrogens (tertiary/aromatic N) is 1. The SMILES string of the molecule is OC[C@@H]1CCN2CC[C@@H](CO)NC2N1. The zero-order valence-electron chi connectivity index (χ0n) is 8.32. The first-order valence-corrected chi connectivity index (χ1v) is 5.31. The van der Waals surface area contributed by atoms with Gasteiger partial charge in [0.2, 0.25) is 0 Å². The topological polar surface area (TPSA) is 67.8 Å². The molecular formula is C9H19N3O2. The summed E-state index contributed by atoms with van der Waals surface area (Å²) in [6.07, 6.45) is 2.13. The Bertz CT molecular complexity index is 173. The molecule has 5 nitrogen and oxygen atoms in total. The van der Waals surface area contributed by atoms with E-state index < -0.39 is 0 Å². The van der Waals surface area contributed by atoms with Crippen LogP contribution in [0.25, 0.3) is 0 Å². The van der Waals surface area contributed by atoms with Crippen molar-refractivity contribution in [1.29, 1.82) is 0 Å². The van der Waals surface area contributed by atoms with E-state index in [2.05, 4.69) is 15.5 Å². The number of aliphatic hydroxyl groups excluding tert-OH is 2. The average molecular weight is 201 g/mol. The predicted molar refractivity (Wildman–Crippen MR) is 52.6 cm³/mol. The Kier molecular flexibility index (Phi) is 3.35. The number of rotatable bonds is 2. The number of fused-ring (bicyclic) bond motifs is 1. The largest absolute Gasteiger partial charge is 0.395 e. The van der Waals surface area contributed by atoms with Crippen LogP contribution in [0.3, 0.4) is 0 Å². The monoisotopic (exact) mass is 201 g/mol. The van der Waals surface area contributed by atoms with Crippen LogP contribution in [0.4, 0.5) is 0 Å². The molecule has 4 N–H and O–H groups in total. The number of hydrogen-bond donors (Lipinski definition) is 4. The molecule has 2 saturated heterocycles. The summed E-state index contributed by atoms with van der Waals surface area (Å²) < 4.78 is 0. The molecule has 0 aliphatic carbocycles. The summed E-state index contributed by atoms with van der Waals surface area (Å²) in [7, 11) is 0. The third-order valence-corrected chi connectivity index (χ3v) is 3.12. The van der Waals surface area contributed by atoms with E-state index in [9.17, 15) is 0 Å². The highest BCUT2D eigenvalue weighted by Gasteiger charge is 2.32. The molecule has 0 aromatic rings. The molecule has 0 amide bonds. The fourth-order valence-electron chi connectivity index (χ4n) is 2.17. The van der Waals surface area contributed by atoms with Gasteiger partial charge in [-0.05, 0) is 12.8 Å². The summed E-state index contributed by atoms with van der Waals surface area (Å²) in [5.74, 6) is 0. The van der Waals surface area contributed by atoms with Crippen LogP contribution in [-0.2, 0) is 0 Å². The molecule has 0 saturated carbocycles. The van der Waals surface area contributed by atoms with Gasteiger partial charge in [0, 0.05) is 25.2 Å². The van der Waals surface area contributed by atoms with Crippen molar-refractivity contribution >= 4 is 0 Å². The van der Waals surface area contributed by atoms with Crippen molar-refractivity contribution in [3.63, 3.8) is 0 Å². The molecule has 0 aromatic heterocycles. The summed E-state index contributed by atoms with van der Waals surface area (Å²) in [6, 6.07) is 0.391. The maximum absolute atomic E-state index is 9.05. The van der Waals surface area contributed by atoms with Crippen molar-refractivity contribution in [3.8, 4) is 0 Å². The summed E-state index contributed by atoms with van der Waals surface area (Å²) in [5.41, 5.74) is 0. The molecule has 14 heavy (non-hydrogen) atoms. The minimum atomic E-state index is 0.131. The quantitative estimate of drug-likeness (QED) is 0.428. The van der Waals surface area contributed by atoms with Gasteiger partial charge in [-0.15, -0.1) is 0 Å². The van der Waals surface area contributed by atoms with Crippen molar-refractivity contribution in [2.24, 2.45) is 0 Å². The number of hydrogen-bond acceptors (Lipinski definition) is 5. The summed E-state index contributed by atoms with van der Waals surface area (Å²) >= 11 is 0. The molecule has 5 heteroatoms. The zero-order chi connectivity index (χ0) is 9.97. The van der Waals surface area contributed by atoms with E-state index in [1.54, 1.807) is 0 Å². The van der Waals surface area contributed by atoms with E-state index in [1.807, 2.05) is 0 Å². The second-order valence-electron chi connectivity index (χ2n) is 4.11. The van der Waals surface area contributed by atoms with Crippen LogP contribution < -0.4 is 10.6 Å². The van der Waals surface area contributed by atoms with Crippen molar-refractivity contribution in [3.05, 3.63) is 0 Å². The van der Waals surface area contributed by atoms with Gasteiger partial charge in [-0.3, -0.25) is 15.5 Å². The first-order chi connectivity index (χ1) is 6.83. The molecule has 2 rings (SSSR count). The van der Waals surface area contributed by atoms with Gasteiger partial charge in [-0.1, -0.05) is 0 Å². The third kappa shape index (κ3) is 2.07. The van der Waals surface area contributed by atoms with Gasteiger partial charge < -0.3 is 10.2 Å². The van der Waals surface area contributed by atoms with E-state index in [-0.39, 0.29) is 31.6 Å². The van der Waals surface area contributed by atoms with Gasteiger partial charge in [0.15, 0.2) is 0 Å². The van der Waals surface area contributed by atoms with Crippen molar-refractivity contribution < 1.29 is 10.2 Å². The van der Waals surface area contributed by atoms with Crippen LogP contribution in [0.2, 0.25) is 0 Å². The lowest BCUT2D eigenvalue weighted by molar-refractivity contribution is 0.0126. The van der Waals surface area contributed by atoms with Crippen molar-refractivity contribution in [2.45, 2.75) is 31.2 Å². The van der Waals surface area contributed by atoms with Crippen LogP contribution in [0, 0.1) is 0 Å². The lowest BCUT2D eigenvalue weighted by Gasteiger charge is -2.45. The summed E-state index contributed by atoms with van der Waals surface area (Å²) in [6.45, 7) is 2.42. The van der Waals surface area contributed by atoms with E-state index >= 15 is 0 Å². The van der Waals surface area contributed by atoms with Gasteiger partial charge in [0.05, 0.1) is 13.2 Å². The van der Waals surface area contributed by atoms with Crippen molar-refractivity contribution in [2.75, 3.05) is 26.3 Å². The molecule has 0 unspecified atom stereocenters. The second-order valence-corrected chi connectivity index (χ2v) is 4.11. The summed E-state index contributed by atoms with van der Waals surface area (Å²) in [5, 5.41) is 24.7. The van der Waals surface area contributed by atoms with Crippen LogP contribution in [0.15, 0.2) is 0 Å². The van der Waals surface area contributed by atoms with Crippen LogP contribution in [0.5, 0.6) is 0 Å². The molecule has 0 bridgehead atoms. The van der Waals surface area contributed by atoms with E-state index in [4.69, 9.17) is 10.2 Å². The van der Waals surface area contributed by atoms with Gasteiger partial charge in [0.25, 0.3) is 0 Å². The fourth-order valence-corrected chi connectivity index (χ4v) is 2.17. The Labute approximate surface area is 84.1 Å². The molecule has 2 aliphatic heterocycles. The van der Waals surface area contributed by atoms with Gasteiger partial charge in [-0.2, -0.15) is 0 Å². The highest BCUT2D eigenvalue weighted by Crippen LogP contribution is 2.14. The molecule has 82 valence electrons. The van der Waals surface area contributed by atoms with E-state index in [1.165, 1.54) is 0 Å². The highest BCUT2D eigenvalue weighted by molar-refractivity contribution is 4.87. The molecule has 0 aromatic carbocycles. The van der Waals surface area contributed by atoms with Gasteiger partial charge >= 0.3 is 0 Å². The van der Waals surface area contributed by atoms with Crippen LogP contribution >= 0.6 is 0 Å². The molecule has 2 heterocycles. The molecule has 2 atom stereocenters. The molecule has 2 aliphatic rings. The first-order valence-electron chi connectivity index (χ1n) is 5.31. The van der Waals surface area contributed by atoms with Crippen LogP contribution in [0.1, 0.15) is 12.8 Å². The van der Waals surface area contributed by atoms with Crippen LogP contribution in [-0.4, -0.2) is 59.8 Å². The molecule has 0 radical (unpaired) electrons. The maximum atomic E-state index is 9.05. The second kappa shape index (κ2) is 4.55. The Balaban J connectivity index is 1.90. The fraction of sp³-hybridized carbons (Fsp3) is 1.00. The van der Waals surface area contributed by atoms with Crippen molar-refractivity contribution in [1.82, 2.24) is 15.5 Å². The minimum absolute atomic E-state index is 0.131. The number of aliphatic hydroxyl groups is 2. The maximum Gasteiger partial charge on any atom is 0.115 e. The normalized spacial score (nSPS) is 35.6. The molecule has 0 spiro atoms. The third-order valence-electron chi connectivity index (χ3n) is 3.12. The van der Waals surface area contributed by atoms with Gasteiger partial charge in [0.1, 0.15) is 6.29 Å². The molecular weight excluding hydrogens is 182 g/mol. The Morgan fingerprint density at radius 3 is 1.93 bits per heavy atom. The first kappa shape index (κ1) is 10.3. The smallest absolute Gasteiger partial charge is 0.115 e. The zero-order valence-corrected chi connectivity index (χ0v) is 8.32. The van der Waals surface area contributed by atoms with Gasteiger partial charge in [-0.25, -0.2) is 0 Å². The van der Waals surface area contributed by atoms with E-state index in [0.717, 1.165) is 25.9 Å². The number of nitrogens with one attached hydrogen (secondary N) is 2. The summed E-state index contributed by atoms with van der Waals surface area (Å²) in [4.78, 5) is 2.32. The molecule has 2 fully saturated rings. The lowest BCUT2D eigenvalue weighted by Crippen LogP contribution is -2.68. The minimum Gasteiger partial charge on any atom is -0.395 e. The Morgan fingerprint density at radius 1 is 1.00 bits per heavy atom. The lowest BCUT2D eigenvalue weighted by atomic mass is 10.1. The Hall–Kier alpha value is -0.200. The van der Waals surface area contributed by atoms with E-state index in [0.29, 0.717) is 0 Å². The Morgan fingerprint density at radius 2 is 1.50 bits per heavy atom. The highest BCUT2D eigenvalue weighted by atomic mass is 16.3. The average Bonchev–Trinajstić information content (AvgIpc) is 2.27. The standard InChI is InChI=1S/C9H19N3O2/c13-5-7-1-3-12-4-2-8(6-14)11-9(12)10-7/h7-11,13-14H,1-6H2/t7-,8-/m0/s1.